The lowest BCUT2D eigenvalue weighted by atomic mass is 9.75. The van der Waals surface area contributed by atoms with Crippen LogP contribution in [0.25, 0.3) is 0 Å². The molecule has 1 heteroatoms. The number of ether oxygens (including phenoxy) is 1. The molecule has 0 radical (unpaired) electrons. The fourth-order valence-electron chi connectivity index (χ4n) is 3.11. The molecule has 0 heterocycles. The van der Waals surface area contributed by atoms with Crippen molar-refractivity contribution in [2.45, 2.75) is 46.1 Å². The summed E-state index contributed by atoms with van der Waals surface area (Å²) in [6.07, 6.45) is 4.23. The maximum atomic E-state index is 6.08. The van der Waals surface area contributed by atoms with Crippen molar-refractivity contribution >= 4 is 0 Å². The minimum absolute atomic E-state index is 0.392. The van der Waals surface area contributed by atoms with Gasteiger partial charge in [-0.1, -0.05) is 57.2 Å². The highest BCUT2D eigenvalue weighted by Crippen LogP contribution is 2.35. The van der Waals surface area contributed by atoms with Gasteiger partial charge in [0.15, 0.2) is 0 Å². The fourth-order valence-corrected chi connectivity index (χ4v) is 3.11. The highest BCUT2D eigenvalue weighted by Gasteiger charge is 2.30. The third-order valence-electron chi connectivity index (χ3n) is 4.34. The van der Waals surface area contributed by atoms with E-state index in [1.165, 1.54) is 19.3 Å². The SMILES string of the molecule is CC(C)[C@@H]1CC[C@@H](C)C[C@H]1OCC#Cc1ccccc1. The van der Waals surface area contributed by atoms with Crippen molar-refractivity contribution in [2.75, 3.05) is 6.61 Å². The van der Waals surface area contributed by atoms with E-state index in [2.05, 4.69) is 32.6 Å². The number of hydrogen-bond acceptors (Lipinski definition) is 1. The van der Waals surface area contributed by atoms with Crippen molar-refractivity contribution in [1.82, 2.24) is 0 Å². The van der Waals surface area contributed by atoms with Gasteiger partial charge in [0.1, 0.15) is 6.61 Å². The largest absolute Gasteiger partial charge is 0.365 e. The van der Waals surface area contributed by atoms with Crippen molar-refractivity contribution in [3.8, 4) is 11.8 Å². The van der Waals surface area contributed by atoms with Crippen LogP contribution < -0.4 is 0 Å². The van der Waals surface area contributed by atoms with Gasteiger partial charge in [0.05, 0.1) is 6.10 Å². The van der Waals surface area contributed by atoms with E-state index < -0.39 is 0 Å². The lowest BCUT2D eigenvalue weighted by Crippen LogP contribution is -2.34. The monoisotopic (exact) mass is 270 g/mol. The molecule has 0 N–H and O–H groups in total. The van der Waals surface area contributed by atoms with Crippen molar-refractivity contribution in [3.05, 3.63) is 35.9 Å². The quantitative estimate of drug-likeness (QED) is 0.734. The smallest absolute Gasteiger partial charge is 0.108 e. The van der Waals surface area contributed by atoms with E-state index in [4.69, 9.17) is 4.74 Å². The van der Waals surface area contributed by atoms with Crippen LogP contribution in [0, 0.1) is 29.6 Å². The maximum Gasteiger partial charge on any atom is 0.108 e. The molecule has 108 valence electrons. The van der Waals surface area contributed by atoms with Gasteiger partial charge < -0.3 is 4.74 Å². The Kier molecular flexibility index (Phi) is 5.68. The molecule has 1 aromatic carbocycles. The first-order chi connectivity index (χ1) is 9.66. The van der Waals surface area contributed by atoms with E-state index in [-0.39, 0.29) is 0 Å². The minimum Gasteiger partial charge on any atom is -0.365 e. The van der Waals surface area contributed by atoms with E-state index in [1.54, 1.807) is 0 Å². The molecule has 0 bridgehead atoms. The zero-order valence-electron chi connectivity index (χ0n) is 12.9. The summed E-state index contributed by atoms with van der Waals surface area (Å²) in [6.45, 7) is 7.51. The summed E-state index contributed by atoms with van der Waals surface area (Å²) < 4.78 is 6.08. The van der Waals surface area contributed by atoms with Crippen LogP contribution in [0.15, 0.2) is 30.3 Å². The number of hydrogen-bond donors (Lipinski definition) is 0. The third kappa shape index (κ3) is 4.39. The van der Waals surface area contributed by atoms with Gasteiger partial charge >= 0.3 is 0 Å². The molecule has 0 unspecified atom stereocenters. The van der Waals surface area contributed by atoms with Crippen LogP contribution in [0.3, 0.4) is 0 Å². The van der Waals surface area contributed by atoms with Crippen LogP contribution in [0.1, 0.15) is 45.6 Å². The molecule has 3 atom stereocenters. The molecule has 1 saturated carbocycles. The summed E-state index contributed by atoms with van der Waals surface area (Å²) in [5, 5.41) is 0. The average molecular weight is 270 g/mol. The van der Waals surface area contributed by atoms with Crippen LogP contribution in [0.4, 0.5) is 0 Å². The molecular weight excluding hydrogens is 244 g/mol. The minimum atomic E-state index is 0.392. The van der Waals surface area contributed by atoms with E-state index >= 15 is 0 Å². The highest BCUT2D eigenvalue weighted by molar-refractivity contribution is 5.33. The summed E-state index contributed by atoms with van der Waals surface area (Å²) in [5.41, 5.74) is 1.06. The Labute approximate surface area is 123 Å². The van der Waals surface area contributed by atoms with Gasteiger partial charge in [-0.3, -0.25) is 0 Å². The zero-order chi connectivity index (χ0) is 14.4. The van der Waals surface area contributed by atoms with E-state index in [9.17, 15) is 0 Å². The normalized spacial score (nSPS) is 26.1. The molecular formula is C19H26O. The molecule has 0 spiro atoms. The lowest BCUT2D eigenvalue weighted by molar-refractivity contribution is -0.0241. The van der Waals surface area contributed by atoms with Gasteiger partial charge in [-0.25, -0.2) is 0 Å². The van der Waals surface area contributed by atoms with Crippen LogP contribution in [-0.2, 0) is 4.74 Å². The van der Waals surface area contributed by atoms with Crippen molar-refractivity contribution < 1.29 is 4.74 Å². The summed E-state index contributed by atoms with van der Waals surface area (Å²) in [5.74, 6) is 8.51. The van der Waals surface area contributed by atoms with Crippen LogP contribution in [0.2, 0.25) is 0 Å². The van der Waals surface area contributed by atoms with Crippen molar-refractivity contribution in [1.29, 1.82) is 0 Å². The van der Waals surface area contributed by atoms with E-state index in [0.29, 0.717) is 24.5 Å². The second kappa shape index (κ2) is 7.50. The predicted octanol–water partition coefficient (Wildman–Crippen LogP) is 4.52. The summed E-state index contributed by atoms with van der Waals surface area (Å²) in [7, 11) is 0. The molecule has 20 heavy (non-hydrogen) atoms. The molecule has 1 nitrogen and oxygen atoms in total. The van der Waals surface area contributed by atoms with Crippen LogP contribution in [-0.4, -0.2) is 12.7 Å². The molecule has 1 aromatic rings. The molecule has 0 saturated heterocycles. The third-order valence-corrected chi connectivity index (χ3v) is 4.34. The van der Waals surface area contributed by atoms with Crippen molar-refractivity contribution in [2.24, 2.45) is 17.8 Å². The molecule has 0 aromatic heterocycles. The molecule has 2 rings (SSSR count). The number of rotatable bonds is 3. The van der Waals surface area contributed by atoms with Crippen molar-refractivity contribution in [3.63, 3.8) is 0 Å². The second-order valence-corrected chi connectivity index (χ2v) is 6.34. The van der Waals surface area contributed by atoms with E-state index in [1.807, 2.05) is 30.3 Å². The summed E-state index contributed by atoms with van der Waals surface area (Å²) in [4.78, 5) is 0. The molecule has 0 aliphatic heterocycles. The molecule has 1 aliphatic carbocycles. The van der Waals surface area contributed by atoms with Gasteiger partial charge in [-0.05, 0) is 42.7 Å². The molecule has 0 amide bonds. The fraction of sp³-hybridized carbons (Fsp3) is 0.579. The summed E-state index contributed by atoms with van der Waals surface area (Å²) in [6, 6.07) is 10.1. The Morgan fingerprint density at radius 2 is 1.95 bits per heavy atom. The first-order valence-corrected chi connectivity index (χ1v) is 7.82. The Balaban J connectivity index is 1.87. The Hall–Kier alpha value is -1.26. The molecule has 1 fully saturated rings. The molecule has 1 aliphatic rings. The van der Waals surface area contributed by atoms with Crippen LogP contribution in [0.5, 0.6) is 0 Å². The number of benzene rings is 1. The Morgan fingerprint density at radius 1 is 1.20 bits per heavy atom. The van der Waals surface area contributed by atoms with E-state index in [0.717, 1.165) is 11.5 Å². The lowest BCUT2D eigenvalue weighted by Gasteiger charge is -2.36. The topological polar surface area (TPSA) is 9.23 Å². The first-order valence-electron chi connectivity index (χ1n) is 7.82. The standard InChI is InChI=1S/C19H26O/c1-15(2)18-12-11-16(3)14-19(18)20-13-7-10-17-8-5-4-6-9-17/h4-6,8-9,15-16,18-19H,11-14H2,1-3H3/t16-,18+,19-/m1/s1. The van der Waals surface area contributed by atoms with Gasteiger partial charge in [0.25, 0.3) is 0 Å². The second-order valence-electron chi connectivity index (χ2n) is 6.34. The van der Waals surface area contributed by atoms with Gasteiger partial charge in [0, 0.05) is 5.56 Å². The Morgan fingerprint density at radius 3 is 2.65 bits per heavy atom. The van der Waals surface area contributed by atoms with Gasteiger partial charge in [-0.15, -0.1) is 0 Å². The Bertz CT molecular complexity index is 452. The van der Waals surface area contributed by atoms with Gasteiger partial charge in [-0.2, -0.15) is 0 Å². The highest BCUT2D eigenvalue weighted by atomic mass is 16.5. The average Bonchev–Trinajstić information content (AvgIpc) is 2.44. The first kappa shape index (κ1) is 15.1. The maximum absolute atomic E-state index is 6.08. The van der Waals surface area contributed by atoms with Crippen LogP contribution >= 0.6 is 0 Å². The summed E-state index contributed by atoms with van der Waals surface area (Å²) >= 11 is 0. The zero-order valence-corrected chi connectivity index (χ0v) is 12.9. The van der Waals surface area contributed by atoms with Gasteiger partial charge in [0.2, 0.25) is 0 Å². The predicted molar refractivity (Wildman–Crippen MR) is 84.4 cm³/mol.